The lowest BCUT2D eigenvalue weighted by molar-refractivity contribution is -0.344. The summed E-state index contributed by atoms with van der Waals surface area (Å²) in [6.07, 6.45) is -7.80. The molecule has 286 valence electrons. The van der Waals surface area contributed by atoms with Crippen LogP contribution < -0.4 is 5.19 Å². The maximum atomic E-state index is 15.9. The summed E-state index contributed by atoms with van der Waals surface area (Å²) in [6, 6.07) is 17.8. The number of hydrogen-bond donors (Lipinski definition) is 2. The van der Waals surface area contributed by atoms with Crippen molar-refractivity contribution in [3.8, 4) is 0 Å². The molecule has 2 aromatic rings. The molecular formula is C40H50O12Si. The zero-order valence-electron chi connectivity index (χ0n) is 31.5. The number of benzene rings is 2. The van der Waals surface area contributed by atoms with Crippen molar-refractivity contribution in [3.05, 3.63) is 77.4 Å². The first kappa shape index (κ1) is 38.8. The molecule has 12 nitrogen and oxygen atoms in total. The van der Waals surface area contributed by atoms with Crippen LogP contribution >= 0.6 is 0 Å². The van der Waals surface area contributed by atoms with Gasteiger partial charge in [-0.15, -0.1) is 0 Å². The molecule has 1 heterocycles. The molecule has 2 bridgehead atoms. The molecule has 3 unspecified atom stereocenters. The van der Waals surface area contributed by atoms with Crippen LogP contribution in [0, 0.1) is 16.7 Å². The van der Waals surface area contributed by atoms with Crippen LogP contribution in [0.25, 0.3) is 0 Å². The first-order valence-electron chi connectivity index (χ1n) is 18.1. The van der Waals surface area contributed by atoms with E-state index in [9.17, 15) is 24.6 Å². The Labute approximate surface area is 310 Å². The number of esters is 2. The lowest BCUT2D eigenvalue weighted by atomic mass is 9.44. The summed E-state index contributed by atoms with van der Waals surface area (Å²) in [5.74, 6) is -3.45. The second-order valence-electron chi connectivity index (χ2n) is 15.9. The van der Waals surface area contributed by atoms with Gasteiger partial charge in [-0.25, -0.2) is 9.59 Å². The minimum absolute atomic E-state index is 0.0394. The zero-order chi connectivity index (χ0) is 38.7. The molecule has 2 aromatic carbocycles. The number of aliphatic hydroxyl groups excluding tert-OH is 1. The first-order chi connectivity index (χ1) is 24.8. The molecular weight excluding hydrogens is 701 g/mol. The number of ketones is 1. The Hall–Kier alpha value is -3.88. The molecule has 0 amide bonds. The lowest BCUT2D eigenvalue weighted by Crippen LogP contribution is -2.82. The van der Waals surface area contributed by atoms with Gasteiger partial charge in [0.05, 0.1) is 42.3 Å². The molecule has 3 fully saturated rings. The highest BCUT2D eigenvalue weighted by molar-refractivity contribution is 6.84. The van der Waals surface area contributed by atoms with E-state index in [1.54, 1.807) is 65.0 Å². The summed E-state index contributed by atoms with van der Waals surface area (Å²) in [6.45, 7) is 13.2. The van der Waals surface area contributed by atoms with E-state index in [4.69, 9.17) is 28.1 Å². The average molecular weight is 751 g/mol. The van der Waals surface area contributed by atoms with Crippen molar-refractivity contribution in [1.29, 1.82) is 0 Å². The Kier molecular flexibility index (Phi) is 10.1. The van der Waals surface area contributed by atoms with Crippen molar-refractivity contribution in [3.63, 3.8) is 0 Å². The Morgan fingerprint density at radius 1 is 0.981 bits per heavy atom. The van der Waals surface area contributed by atoms with E-state index in [1.165, 1.54) is 6.92 Å². The van der Waals surface area contributed by atoms with E-state index in [2.05, 4.69) is 0 Å². The quantitative estimate of drug-likeness (QED) is 0.170. The highest BCUT2D eigenvalue weighted by Crippen LogP contribution is 2.65. The van der Waals surface area contributed by atoms with Gasteiger partial charge in [0.15, 0.2) is 17.5 Å². The third kappa shape index (κ3) is 6.14. The summed E-state index contributed by atoms with van der Waals surface area (Å²) in [5, 5.41) is 26.0. The minimum atomic E-state index is -2.88. The standard InChI is InChI=1S/C40H50O12Si/c1-9-47-36(45)49-31-30-23(2)27(42)21-40(46,37(30,4)5)34(50-35(44)25-16-12-10-13-17-25)32-38(6,33(31)43)28(20-29-39(32,22-48-29)51-24(3)41)52-53(7,8)26-18-14-11-15-19-26/h10-19,27-29,31-32,34,42,46H,9,20-22H2,1-8H3/t27-,28?,29+,31+,32?,34?,38+,39-,40+/m0/s1. The van der Waals surface area contributed by atoms with Crippen LogP contribution in [0.5, 0.6) is 0 Å². The number of hydrogen-bond acceptors (Lipinski definition) is 12. The molecule has 53 heavy (non-hydrogen) atoms. The van der Waals surface area contributed by atoms with Crippen LogP contribution in [0.15, 0.2) is 71.8 Å². The van der Waals surface area contributed by atoms with Crippen LogP contribution in [0.1, 0.15) is 64.7 Å². The fourth-order valence-corrected chi connectivity index (χ4v) is 11.6. The predicted octanol–water partition coefficient (Wildman–Crippen LogP) is 4.40. The third-order valence-electron chi connectivity index (χ3n) is 12.3. The maximum Gasteiger partial charge on any atom is 0.509 e. The number of Topliss-reactive ketones (excluding diaryl/α,β-unsaturated/α-hetero) is 1. The van der Waals surface area contributed by atoms with Gasteiger partial charge >= 0.3 is 18.1 Å². The van der Waals surface area contributed by atoms with E-state index in [0.717, 1.165) is 5.19 Å². The van der Waals surface area contributed by atoms with Crippen LogP contribution in [-0.2, 0) is 37.7 Å². The number of carbonyl (C=O) groups excluding carboxylic acids is 4. The summed E-state index contributed by atoms with van der Waals surface area (Å²) in [4.78, 5) is 56.4. The first-order valence-corrected chi connectivity index (χ1v) is 21.1. The predicted molar refractivity (Wildman–Crippen MR) is 193 cm³/mol. The molecule has 3 aliphatic carbocycles. The van der Waals surface area contributed by atoms with Gasteiger partial charge in [-0.1, -0.05) is 62.4 Å². The summed E-state index contributed by atoms with van der Waals surface area (Å²) in [5.41, 5.74) is -6.36. The van der Waals surface area contributed by atoms with E-state index < -0.39 is 90.7 Å². The van der Waals surface area contributed by atoms with E-state index in [0.29, 0.717) is 5.57 Å². The number of fused-ring (bicyclic) bond motifs is 5. The van der Waals surface area contributed by atoms with Crippen LogP contribution in [0.2, 0.25) is 13.1 Å². The zero-order valence-corrected chi connectivity index (χ0v) is 32.5. The molecule has 0 spiro atoms. The number of carbonyl (C=O) groups is 4. The summed E-state index contributed by atoms with van der Waals surface area (Å²) < 4.78 is 37.1. The normalized spacial score (nSPS) is 34.6. The van der Waals surface area contributed by atoms with E-state index >= 15 is 4.79 Å². The van der Waals surface area contributed by atoms with E-state index in [1.807, 2.05) is 43.4 Å². The Morgan fingerprint density at radius 2 is 1.60 bits per heavy atom. The monoisotopic (exact) mass is 750 g/mol. The Bertz CT molecular complexity index is 1790. The summed E-state index contributed by atoms with van der Waals surface area (Å²) in [7, 11) is -2.88. The smallest absolute Gasteiger partial charge is 0.455 e. The largest absolute Gasteiger partial charge is 0.509 e. The fraction of sp³-hybridized carbons (Fsp3) is 0.550. The van der Waals surface area contributed by atoms with Gasteiger partial charge in [-0.3, -0.25) is 9.59 Å². The van der Waals surface area contributed by atoms with Crippen LogP contribution in [0.3, 0.4) is 0 Å². The fourth-order valence-electron chi connectivity index (χ4n) is 9.40. The van der Waals surface area contributed by atoms with Crippen molar-refractivity contribution < 1.29 is 57.5 Å². The maximum absolute atomic E-state index is 15.9. The second kappa shape index (κ2) is 13.8. The van der Waals surface area contributed by atoms with Gasteiger partial charge in [0.25, 0.3) is 0 Å². The average Bonchev–Trinajstić information content (AvgIpc) is 3.10. The Morgan fingerprint density at radius 3 is 2.17 bits per heavy atom. The number of aliphatic hydroxyl groups is 2. The van der Waals surface area contributed by atoms with Gasteiger partial charge < -0.3 is 38.3 Å². The topological polar surface area (TPSA) is 164 Å². The highest BCUT2D eigenvalue weighted by atomic mass is 28.4. The van der Waals surface area contributed by atoms with Crippen molar-refractivity contribution in [2.24, 2.45) is 16.7 Å². The molecule has 0 radical (unpaired) electrons. The van der Waals surface area contributed by atoms with Crippen molar-refractivity contribution in [2.75, 3.05) is 13.2 Å². The SMILES string of the molecule is CCOC(=O)O[C@H]1C(=O)[C@]2(C)C(O[Si](C)(C)c3ccccc3)C[C@H]3OC[C@@]3(OC(C)=O)C2C(OC(=O)c2ccccc2)[C@]2(O)C[C@H](O)C(C)=C1C2(C)C. The number of ether oxygens (including phenoxy) is 5. The Balaban J connectivity index is 1.66. The molecule has 13 heteroatoms. The van der Waals surface area contributed by atoms with Gasteiger partial charge in [0, 0.05) is 25.2 Å². The van der Waals surface area contributed by atoms with Crippen molar-refractivity contribution >= 4 is 37.4 Å². The minimum Gasteiger partial charge on any atom is -0.455 e. The van der Waals surface area contributed by atoms with Gasteiger partial charge in [0.2, 0.25) is 8.32 Å². The van der Waals surface area contributed by atoms with Gasteiger partial charge in [-0.05, 0) is 62.3 Å². The van der Waals surface area contributed by atoms with Crippen molar-refractivity contribution in [2.45, 2.75) is 109 Å². The number of rotatable bonds is 8. The molecule has 9 atom stereocenters. The molecule has 2 saturated carbocycles. The van der Waals surface area contributed by atoms with Gasteiger partial charge in [-0.2, -0.15) is 0 Å². The highest BCUT2D eigenvalue weighted by Gasteiger charge is 2.78. The molecule has 0 aromatic heterocycles. The molecule has 1 aliphatic heterocycles. The van der Waals surface area contributed by atoms with Crippen LogP contribution in [0.4, 0.5) is 4.79 Å². The van der Waals surface area contributed by atoms with Gasteiger partial charge in [0.1, 0.15) is 17.8 Å². The lowest BCUT2D eigenvalue weighted by Gasteiger charge is -2.68. The molecule has 2 N–H and O–H groups in total. The second-order valence-corrected chi connectivity index (χ2v) is 19.8. The summed E-state index contributed by atoms with van der Waals surface area (Å²) >= 11 is 0. The molecule has 1 saturated heterocycles. The third-order valence-corrected chi connectivity index (χ3v) is 14.9. The van der Waals surface area contributed by atoms with Crippen molar-refractivity contribution in [1.82, 2.24) is 0 Å². The van der Waals surface area contributed by atoms with E-state index in [-0.39, 0.29) is 37.2 Å². The molecule has 4 aliphatic rings. The van der Waals surface area contributed by atoms with Crippen LogP contribution in [-0.4, -0.2) is 97.3 Å². The molecule has 6 rings (SSSR count).